The third kappa shape index (κ3) is 3.42. The first-order valence-corrected chi connectivity index (χ1v) is 8.02. The quantitative estimate of drug-likeness (QED) is 0.878. The van der Waals surface area contributed by atoms with Gasteiger partial charge in [0.25, 0.3) is 0 Å². The van der Waals surface area contributed by atoms with Gasteiger partial charge in [0.15, 0.2) is 0 Å². The predicted octanol–water partition coefficient (Wildman–Crippen LogP) is 3.70. The number of benzene rings is 1. The summed E-state index contributed by atoms with van der Waals surface area (Å²) in [7, 11) is 0. The molecule has 0 spiro atoms. The molecule has 3 nitrogen and oxygen atoms in total. The maximum absolute atomic E-state index is 5.54. The van der Waals surface area contributed by atoms with Crippen molar-refractivity contribution in [1.29, 1.82) is 0 Å². The molecule has 1 aliphatic rings. The molecular weight excluding hydrogens is 260 g/mol. The maximum atomic E-state index is 5.54. The molecule has 2 aromatic rings. The van der Waals surface area contributed by atoms with Crippen molar-refractivity contribution in [2.45, 2.75) is 32.2 Å². The molecule has 3 rings (SSSR count). The van der Waals surface area contributed by atoms with E-state index in [0.717, 1.165) is 32.6 Å². The first-order valence-electron chi connectivity index (χ1n) is 8.02. The Bertz CT molecular complexity index is 573. The summed E-state index contributed by atoms with van der Waals surface area (Å²) in [5.41, 5.74) is 1.33. The lowest BCUT2D eigenvalue weighted by Crippen LogP contribution is -2.25. The molecule has 0 aliphatic carbocycles. The van der Waals surface area contributed by atoms with Crippen LogP contribution in [-0.2, 0) is 4.74 Å². The van der Waals surface area contributed by atoms with Gasteiger partial charge in [0, 0.05) is 37.0 Å². The van der Waals surface area contributed by atoms with Crippen LogP contribution in [0.5, 0.6) is 0 Å². The van der Waals surface area contributed by atoms with Gasteiger partial charge in [0.2, 0.25) is 0 Å². The molecule has 1 N–H and O–H groups in total. The van der Waals surface area contributed by atoms with Gasteiger partial charge in [-0.25, -0.2) is 0 Å². The van der Waals surface area contributed by atoms with E-state index in [2.05, 4.69) is 41.5 Å². The standard InChI is InChI=1S/C18H24N2O/c1-2-8-20-18(10-14-7-9-21-13-14)17-12-19-11-15-5-3-4-6-16(15)17/h3-6,11-12,14,18,20H,2,7-10,13H2,1H3. The van der Waals surface area contributed by atoms with E-state index >= 15 is 0 Å². The van der Waals surface area contributed by atoms with Crippen LogP contribution in [0.1, 0.15) is 37.8 Å². The topological polar surface area (TPSA) is 34.1 Å². The van der Waals surface area contributed by atoms with Crippen molar-refractivity contribution in [3.63, 3.8) is 0 Å². The van der Waals surface area contributed by atoms with E-state index in [1.54, 1.807) is 0 Å². The Kier molecular flexibility index (Phi) is 4.84. The number of aromatic nitrogens is 1. The van der Waals surface area contributed by atoms with Crippen molar-refractivity contribution in [3.8, 4) is 0 Å². The lowest BCUT2D eigenvalue weighted by Gasteiger charge is -2.23. The Morgan fingerprint density at radius 3 is 3.05 bits per heavy atom. The van der Waals surface area contributed by atoms with Crippen LogP contribution in [0.2, 0.25) is 0 Å². The molecule has 21 heavy (non-hydrogen) atoms. The molecule has 2 heterocycles. The summed E-state index contributed by atoms with van der Waals surface area (Å²) in [5.74, 6) is 0.665. The van der Waals surface area contributed by atoms with E-state index in [1.807, 2.05) is 12.4 Å². The van der Waals surface area contributed by atoms with Crippen molar-refractivity contribution >= 4 is 10.8 Å². The van der Waals surface area contributed by atoms with Crippen LogP contribution in [0, 0.1) is 5.92 Å². The first-order chi connectivity index (χ1) is 10.4. The van der Waals surface area contributed by atoms with Crippen LogP contribution in [0.15, 0.2) is 36.7 Å². The van der Waals surface area contributed by atoms with E-state index < -0.39 is 0 Å². The molecule has 0 radical (unpaired) electrons. The Balaban J connectivity index is 1.89. The van der Waals surface area contributed by atoms with Crippen LogP contribution < -0.4 is 5.32 Å². The smallest absolute Gasteiger partial charge is 0.0495 e. The van der Waals surface area contributed by atoms with Crippen LogP contribution in [0.25, 0.3) is 10.8 Å². The van der Waals surface area contributed by atoms with Gasteiger partial charge in [0.05, 0.1) is 0 Å². The minimum absolute atomic E-state index is 0.371. The minimum Gasteiger partial charge on any atom is -0.381 e. The molecule has 1 aromatic heterocycles. The van der Waals surface area contributed by atoms with Crippen LogP contribution in [-0.4, -0.2) is 24.7 Å². The highest BCUT2D eigenvalue weighted by molar-refractivity contribution is 5.85. The molecule has 112 valence electrons. The molecule has 0 amide bonds. The van der Waals surface area contributed by atoms with Gasteiger partial charge in [-0.1, -0.05) is 31.2 Å². The van der Waals surface area contributed by atoms with Crippen molar-refractivity contribution in [2.75, 3.05) is 19.8 Å². The summed E-state index contributed by atoms with van der Waals surface area (Å²) in [6.45, 7) is 5.08. The van der Waals surface area contributed by atoms with Gasteiger partial charge in [-0.15, -0.1) is 0 Å². The Morgan fingerprint density at radius 2 is 2.24 bits per heavy atom. The van der Waals surface area contributed by atoms with Gasteiger partial charge in [0.1, 0.15) is 0 Å². The SMILES string of the molecule is CCCNC(CC1CCOC1)c1cncc2ccccc12. The van der Waals surface area contributed by atoms with Crippen LogP contribution in [0.4, 0.5) is 0 Å². The van der Waals surface area contributed by atoms with E-state index in [1.165, 1.54) is 22.8 Å². The molecule has 1 fully saturated rings. The zero-order valence-corrected chi connectivity index (χ0v) is 12.7. The average Bonchev–Trinajstić information content (AvgIpc) is 3.04. The lowest BCUT2D eigenvalue weighted by atomic mass is 9.92. The monoisotopic (exact) mass is 284 g/mol. The van der Waals surface area contributed by atoms with Gasteiger partial charge >= 0.3 is 0 Å². The molecule has 0 bridgehead atoms. The second-order valence-electron chi connectivity index (χ2n) is 5.92. The fourth-order valence-corrected chi connectivity index (χ4v) is 3.16. The molecule has 1 aromatic carbocycles. The highest BCUT2D eigenvalue weighted by Gasteiger charge is 2.22. The molecule has 1 aliphatic heterocycles. The summed E-state index contributed by atoms with van der Waals surface area (Å²) >= 11 is 0. The fourth-order valence-electron chi connectivity index (χ4n) is 3.16. The number of pyridine rings is 1. The number of rotatable bonds is 6. The highest BCUT2D eigenvalue weighted by atomic mass is 16.5. The summed E-state index contributed by atoms with van der Waals surface area (Å²) in [6.07, 6.45) is 7.45. The molecular formula is C18H24N2O. The summed E-state index contributed by atoms with van der Waals surface area (Å²) in [4.78, 5) is 4.45. The molecule has 2 unspecified atom stereocenters. The molecule has 1 saturated heterocycles. The number of hydrogen-bond donors (Lipinski definition) is 1. The number of hydrogen-bond acceptors (Lipinski definition) is 3. The molecule has 0 saturated carbocycles. The van der Waals surface area contributed by atoms with E-state index in [0.29, 0.717) is 12.0 Å². The van der Waals surface area contributed by atoms with Gasteiger partial charge < -0.3 is 10.1 Å². The van der Waals surface area contributed by atoms with E-state index in [4.69, 9.17) is 4.74 Å². The predicted molar refractivity (Wildman–Crippen MR) is 86.3 cm³/mol. The molecule has 2 atom stereocenters. The normalized spacial score (nSPS) is 20.0. The van der Waals surface area contributed by atoms with Crippen LogP contribution >= 0.6 is 0 Å². The summed E-state index contributed by atoms with van der Waals surface area (Å²) in [5, 5.41) is 6.25. The second-order valence-corrected chi connectivity index (χ2v) is 5.92. The number of nitrogens with one attached hydrogen (secondary N) is 1. The number of ether oxygens (including phenoxy) is 1. The Morgan fingerprint density at radius 1 is 1.33 bits per heavy atom. The Labute approximate surface area is 126 Å². The van der Waals surface area contributed by atoms with Gasteiger partial charge in [-0.3, -0.25) is 4.98 Å². The number of nitrogens with zero attached hydrogens (tertiary/aromatic N) is 1. The van der Waals surface area contributed by atoms with E-state index in [-0.39, 0.29) is 0 Å². The van der Waals surface area contributed by atoms with Crippen molar-refractivity contribution < 1.29 is 4.74 Å². The summed E-state index contributed by atoms with van der Waals surface area (Å²) in [6, 6.07) is 8.91. The van der Waals surface area contributed by atoms with Crippen molar-refractivity contribution in [2.24, 2.45) is 5.92 Å². The van der Waals surface area contributed by atoms with Crippen molar-refractivity contribution in [3.05, 3.63) is 42.2 Å². The summed E-state index contributed by atoms with van der Waals surface area (Å²) < 4.78 is 5.54. The van der Waals surface area contributed by atoms with Crippen molar-refractivity contribution in [1.82, 2.24) is 10.3 Å². The number of fused-ring (bicyclic) bond motifs is 1. The van der Waals surface area contributed by atoms with Gasteiger partial charge in [-0.05, 0) is 42.7 Å². The fraction of sp³-hybridized carbons (Fsp3) is 0.500. The van der Waals surface area contributed by atoms with Gasteiger partial charge in [-0.2, -0.15) is 0 Å². The molecule has 3 heteroatoms. The average molecular weight is 284 g/mol. The third-order valence-corrected chi connectivity index (χ3v) is 4.31. The Hall–Kier alpha value is -1.45. The van der Waals surface area contributed by atoms with Crippen LogP contribution in [0.3, 0.4) is 0 Å². The largest absolute Gasteiger partial charge is 0.381 e. The maximum Gasteiger partial charge on any atom is 0.0495 e. The highest BCUT2D eigenvalue weighted by Crippen LogP contribution is 2.30. The second kappa shape index (κ2) is 7.01. The zero-order valence-electron chi connectivity index (χ0n) is 12.7. The minimum atomic E-state index is 0.371. The third-order valence-electron chi connectivity index (χ3n) is 4.31. The zero-order chi connectivity index (χ0) is 14.5. The lowest BCUT2D eigenvalue weighted by molar-refractivity contribution is 0.181. The first kappa shape index (κ1) is 14.5. The van der Waals surface area contributed by atoms with E-state index in [9.17, 15) is 0 Å².